The second kappa shape index (κ2) is 7.52. The first-order valence-corrected chi connectivity index (χ1v) is 8.98. The molecule has 3 N–H and O–H groups in total. The van der Waals surface area contributed by atoms with Crippen LogP contribution in [0.2, 0.25) is 0 Å². The molecule has 1 fully saturated rings. The molecular formula is C12H23N5S2. The molecule has 0 aliphatic carbocycles. The summed E-state index contributed by atoms with van der Waals surface area (Å²) in [6, 6.07) is 0.0804. The van der Waals surface area contributed by atoms with E-state index >= 15 is 0 Å². The van der Waals surface area contributed by atoms with Gasteiger partial charge in [0.15, 0.2) is 0 Å². The molecule has 2 heterocycles. The second-order valence-corrected chi connectivity index (χ2v) is 7.27. The highest BCUT2D eigenvalue weighted by molar-refractivity contribution is 8.07. The van der Waals surface area contributed by atoms with E-state index < -0.39 is 0 Å². The predicted octanol–water partition coefficient (Wildman–Crippen LogP) is 1.82. The molecule has 2 rings (SSSR count). The maximum absolute atomic E-state index is 5.82. The molecule has 0 spiro atoms. The molecule has 1 aliphatic rings. The fourth-order valence-electron chi connectivity index (χ4n) is 2.46. The Balaban J connectivity index is 2.19. The van der Waals surface area contributed by atoms with Gasteiger partial charge in [0.1, 0.15) is 12.2 Å². The van der Waals surface area contributed by atoms with E-state index in [9.17, 15) is 0 Å². The molecule has 7 heteroatoms. The van der Waals surface area contributed by atoms with Gasteiger partial charge in [-0.3, -0.25) is 5.84 Å². The fourth-order valence-corrected chi connectivity index (χ4v) is 5.66. The van der Waals surface area contributed by atoms with Crippen LogP contribution in [0, 0.1) is 0 Å². The molecule has 5 nitrogen and oxygen atoms in total. The van der Waals surface area contributed by atoms with Gasteiger partial charge in [0.2, 0.25) is 0 Å². The SMILES string of the molecule is CCCn1ncnc1C(NN)C1SCCSC1CC. The number of nitrogens with zero attached hydrogens (tertiary/aromatic N) is 3. The van der Waals surface area contributed by atoms with Crippen LogP contribution in [0.3, 0.4) is 0 Å². The molecule has 0 radical (unpaired) electrons. The van der Waals surface area contributed by atoms with Gasteiger partial charge in [-0.05, 0) is 12.8 Å². The van der Waals surface area contributed by atoms with Crippen LogP contribution in [0.5, 0.6) is 0 Å². The van der Waals surface area contributed by atoms with Crippen molar-refractivity contribution in [3.8, 4) is 0 Å². The van der Waals surface area contributed by atoms with Crippen LogP contribution in [0.1, 0.15) is 38.6 Å². The van der Waals surface area contributed by atoms with Crippen molar-refractivity contribution in [3.05, 3.63) is 12.2 Å². The van der Waals surface area contributed by atoms with E-state index in [1.165, 1.54) is 17.9 Å². The average Bonchev–Trinajstić information content (AvgIpc) is 2.89. The number of nitrogens with two attached hydrogens (primary N) is 1. The van der Waals surface area contributed by atoms with E-state index in [0.29, 0.717) is 10.5 Å². The summed E-state index contributed by atoms with van der Waals surface area (Å²) in [4.78, 5) is 4.44. The van der Waals surface area contributed by atoms with E-state index in [2.05, 4.69) is 41.1 Å². The summed E-state index contributed by atoms with van der Waals surface area (Å²) in [7, 11) is 0. The lowest BCUT2D eigenvalue weighted by Crippen LogP contribution is -2.43. The quantitative estimate of drug-likeness (QED) is 0.617. The summed E-state index contributed by atoms with van der Waals surface area (Å²) in [5, 5.41) is 5.41. The van der Waals surface area contributed by atoms with Crippen molar-refractivity contribution in [1.29, 1.82) is 0 Å². The number of aryl methyl sites for hydroxylation is 1. The Kier molecular flexibility index (Phi) is 6.00. The van der Waals surface area contributed by atoms with Gasteiger partial charge in [0.25, 0.3) is 0 Å². The van der Waals surface area contributed by atoms with Crippen LogP contribution in [0.15, 0.2) is 6.33 Å². The molecule has 1 aliphatic heterocycles. The highest BCUT2D eigenvalue weighted by Crippen LogP contribution is 2.39. The van der Waals surface area contributed by atoms with E-state index in [1.807, 2.05) is 16.4 Å². The zero-order valence-electron chi connectivity index (χ0n) is 11.6. The van der Waals surface area contributed by atoms with Gasteiger partial charge < -0.3 is 0 Å². The lowest BCUT2D eigenvalue weighted by Gasteiger charge is -2.35. The summed E-state index contributed by atoms with van der Waals surface area (Å²) < 4.78 is 1.98. The number of aromatic nitrogens is 3. The van der Waals surface area contributed by atoms with Crippen LogP contribution in [-0.2, 0) is 6.54 Å². The average molecular weight is 301 g/mol. The molecule has 0 saturated carbocycles. The lowest BCUT2D eigenvalue weighted by atomic mass is 10.1. The van der Waals surface area contributed by atoms with Crippen molar-refractivity contribution >= 4 is 23.5 Å². The van der Waals surface area contributed by atoms with Crippen LogP contribution >= 0.6 is 23.5 Å². The molecule has 3 atom stereocenters. The summed E-state index contributed by atoms with van der Waals surface area (Å²) in [6.07, 6.45) is 3.86. The Morgan fingerprint density at radius 1 is 1.47 bits per heavy atom. The summed E-state index contributed by atoms with van der Waals surface area (Å²) >= 11 is 4.07. The van der Waals surface area contributed by atoms with Crippen LogP contribution in [-0.4, -0.2) is 36.8 Å². The first-order chi connectivity index (χ1) is 9.31. The molecule has 0 amide bonds. The first-order valence-electron chi connectivity index (χ1n) is 6.88. The van der Waals surface area contributed by atoms with Gasteiger partial charge in [0, 0.05) is 28.6 Å². The van der Waals surface area contributed by atoms with Crippen molar-refractivity contribution < 1.29 is 0 Å². The Morgan fingerprint density at radius 3 is 2.95 bits per heavy atom. The van der Waals surface area contributed by atoms with Crippen molar-refractivity contribution in [3.63, 3.8) is 0 Å². The van der Waals surface area contributed by atoms with Crippen LogP contribution in [0.4, 0.5) is 0 Å². The molecule has 0 bridgehead atoms. The number of rotatable bonds is 6. The second-order valence-electron chi connectivity index (χ2n) is 4.64. The minimum absolute atomic E-state index is 0.0804. The molecular weight excluding hydrogens is 278 g/mol. The van der Waals surface area contributed by atoms with Gasteiger partial charge in [-0.2, -0.15) is 28.6 Å². The third kappa shape index (κ3) is 3.45. The highest BCUT2D eigenvalue weighted by atomic mass is 32.2. The largest absolute Gasteiger partial charge is 0.271 e. The maximum atomic E-state index is 5.82. The first kappa shape index (κ1) is 15.2. The number of hydrazine groups is 1. The van der Waals surface area contributed by atoms with Gasteiger partial charge in [-0.1, -0.05) is 13.8 Å². The Bertz CT molecular complexity index is 384. The maximum Gasteiger partial charge on any atom is 0.146 e. The van der Waals surface area contributed by atoms with Gasteiger partial charge >= 0.3 is 0 Å². The van der Waals surface area contributed by atoms with Crippen LogP contribution in [0.25, 0.3) is 0 Å². The summed E-state index contributed by atoms with van der Waals surface area (Å²) in [6.45, 7) is 5.30. The molecule has 1 aromatic rings. The smallest absolute Gasteiger partial charge is 0.146 e. The van der Waals surface area contributed by atoms with E-state index in [1.54, 1.807) is 6.33 Å². The van der Waals surface area contributed by atoms with Crippen molar-refractivity contribution in [2.24, 2.45) is 5.84 Å². The van der Waals surface area contributed by atoms with E-state index in [4.69, 9.17) is 5.84 Å². The van der Waals surface area contributed by atoms with E-state index in [0.717, 1.165) is 18.8 Å². The third-order valence-electron chi connectivity index (χ3n) is 3.36. The van der Waals surface area contributed by atoms with Crippen molar-refractivity contribution in [2.45, 2.75) is 49.8 Å². The van der Waals surface area contributed by atoms with Gasteiger partial charge in [-0.25, -0.2) is 15.1 Å². The molecule has 0 aromatic carbocycles. The Labute approximate surface area is 123 Å². The van der Waals surface area contributed by atoms with Crippen molar-refractivity contribution in [1.82, 2.24) is 20.2 Å². The number of hydrogen-bond donors (Lipinski definition) is 2. The van der Waals surface area contributed by atoms with Crippen LogP contribution < -0.4 is 11.3 Å². The Morgan fingerprint density at radius 2 is 2.26 bits per heavy atom. The number of nitrogens with one attached hydrogen (secondary N) is 1. The fraction of sp³-hybridized carbons (Fsp3) is 0.833. The number of thioether (sulfide) groups is 2. The minimum Gasteiger partial charge on any atom is -0.271 e. The zero-order valence-corrected chi connectivity index (χ0v) is 13.2. The monoisotopic (exact) mass is 301 g/mol. The lowest BCUT2D eigenvalue weighted by molar-refractivity contribution is 0.448. The third-order valence-corrected chi connectivity index (χ3v) is 6.71. The molecule has 19 heavy (non-hydrogen) atoms. The normalized spacial score (nSPS) is 25.4. The van der Waals surface area contributed by atoms with E-state index in [-0.39, 0.29) is 6.04 Å². The number of hydrogen-bond acceptors (Lipinski definition) is 6. The van der Waals surface area contributed by atoms with Gasteiger partial charge in [0.05, 0.1) is 6.04 Å². The standard InChI is InChI=1S/C12H23N5S2/c1-3-5-17-12(14-8-15-17)10(16-13)11-9(4-2)18-6-7-19-11/h8-11,16H,3-7,13H2,1-2H3. The predicted molar refractivity (Wildman–Crippen MR) is 83.2 cm³/mol. The molecule has 1 saturated heterocycles. The molecule has 108 valence electrons. The Hall–Kier alpha value is -0.240. The van der Waals surface area contributed by atoms with Gasteiger partial charge in [-0.15, -0.1) is 0 Å². The topological polar surface area (TPSA) is 68.8 Å². The molecule has 1 aromatic heterocycles. The molecule has 3 unspecified atom stereocenters. The minimum atomic E-state index is 0.0804. The zero-order chi connectivity index (χ0) is 13.7. The summed E-state index contributed by atoms with van der Waals surface area (Å²) in [5.41, 5.74) is 2.98. The van der Waals surface area contributed by atoms with Crippen molar-refractivity contribution in [2.75, 3.05) is 11.5 Å². The highest BCUT2D eigenvalue weighted by Gasteiger charge is 2.34. The summed E-state index contributed by atoms with van der Waals surface area (Å²) in [5.74, 6) is 9.22.